The van der Waals surface area contributed by atoms with E-state index in [1.165, 1.54) is 6.21 Å². The monoisotopic (exact) mass is 415 g/mol. The molecule has 0 atom stereocenters. The molecular formula is C19H18BrN3O3. The number of rotatable bonds is 8. The lowest BCUT2D eigenvalue weighted by molar-refractivity contribution is -0.126. The van der Waals surface area contributed by atoms with Gasteiger partial charge >= 0.3 is 0 Å². The van der Waals surface area contributed by atoms with Crippen molar-refractivity contribution in [2.24, 2.45) is 5.10 Å². The minimum absolute atomic E-state index is 0.315. The SMILES string of the molecule is C=CCOc1ccc(C=NNC(=O)CC(=O)Nc2ccccc2)cc1Br. The Kier molecular flexibility index (Phi) is 7.57. The van der Waals surface area contributed by atoms with E-state index in [0.29, 0.717) is 18.0 Å². The lowest BCUT2D eigenvalue weighted by atomic mass is 10.2. The van der Waals surface area contributed by atoms with Crippen molar-refractivity contribution in [3.8, 4) is 5.75 Å². The maximum atomic E-state index is 11.8. The molecule has 2 rings (SSSR count). The zero-order chi connectivity index (χ0) is 18.8. The normalized spacial score (nSPS) is 10.3. The molecule has 2 N–H and O–H groups in total. The first-order valence-electron chi connectivity index (χ1n) is 7.78. The van der Waals surface area contributed by atoms with E-state index in [9.17, 15) is 9.59 Å². The first-order chi connectivity index (χ1) is 12.6. The molecule has 0 bridgehead atoms. The van der Waals surface area contributed by atoms with Crippen molar-refractivity contribution < 1.29 is 14.3 Å². The Hall–Kier alpha value is -2.93. The molecule has 0 fully saturated rings. The van der Waals surface area contributed by atoms with Crippen molar-refractivity contribution >= 4 is 39.6 Å². The van der Waals surface area contributed by atoms with E-state index in [1.807, 2.05) is 6.07 Å². The molecule has 0 spiro atoms. The highest BCUT2D eigenvalue weighted by Gasteiger charge is 2.08. The molecule has 134 valence electrons. The van der Waals surface area contributed by atoms with Gasteiger partial charge in [0.1, 0.15) is 18.8 Å². The zero-order valence-corrected chi connectivity index (χ0v) is 15.5. The number of para-hydroxylation sites is 1. The van der Waals surface area contributed by atoms with Crippen LogP contribution in [0.3, 0.4) is 0 Å². The summed E-state index contributed by atoms with van der Waals surface area (Å²) in [4.78, 5) is 23.5. The van der Waals surface area contributed by atoms with Crippen LogP contribution in [-0.2, 0) is 9.59 Å². The van der Waals surface area contributed by atoms with Crippen LogP contribution in [0.5, 0.6) is 5.75 Å². The van der Waals surface area contributed by atoms with Crippen LogP contribution in [0, 0.1) is 0 Å². The molecule has 2 aromatic carbocycles. The van der Waals surface area contributed by atoms with Crippen molar-refractivity contribution in [1.29, 1.82) is 0 Å². The summed E-state index contributed by atoms with van der Waals surface area (Å²) in [5, 5.41) is 6.48. The van der Waals surface area contributed by atoms with Crippen molar-refractivity contribution in [2.75, 3.05) is 11.9 Å². The molecule has 2 amide bonds. The fourth-order valence-corrected chi connectivity index (χ4v) is 2.46. The Morgan fingerprint density at radius 1 is 1.15 bits per heavy atom. The van der Waals surface area contributed by atoms with E-state index in [2.05, 4.69) is 38.4 Å². The Bertz CT molecular complexity index is 807. The molecule has 0 saturated heterocycles. The van der Waals surface area contributed by atoms with Crippen LogP contribution < -0.4 is 15.5 Å². The van der Waals surface area contributed by atoms with Gasteiger partial charge in [-0.25, -0.2) is 5.43 Å². The fourth-order valence-electron chi connectivity index (χ4n) is 1.95. The smallest absolute Gasteiger partial charge is 0.249 e. The Labute approximate surface area is 160 Å². The molecule has 7 heteroatoms. The van der Waals surface area contributed by atoms with Crippen LogP contribution in [0.2, 0.25) is 0 Å². The minimum atomic E-state index is -0.500. The van der Waals surface area contributed by atoms with Crippen LogP contribution in [0.4, 0.5) is 5.69 Å². The molecule has 0 heterocycles. The molecule has 0 aliphatic carbocycles. The average molecular weight is 416 g/mol. The number of nitrogens with one attached hydrogen (secondary N) is 2. The summed E-state index contributed by atoms with van der Waals surface area (Å²) in [5.74, 6) is -0.223. The summed E-state index contributed by atoms with van der Waals surface area (Å²) in [7, 11) is 0. The number of halogens is 1. The summed E-state index contributed by atoms with van der Waals surface area (Å²) in [6.45, 7) is 4.00. The Morgan fingerprint density at radius 2 is 1.92 bits per heavy atom. The third-order valence-corrected chi connectivity index (χ3v) is 3.71. The molecule has 0 radical (unpaired) electrons. The fraction of sp³-hybridized carbons (Fsp3) is 0.105. The molecular weight excluding hydrogens is 398 g/mol. The standard InChI is InChI=1S/C19H18BrN3O3/c1-2-10-26-17-9-8-14(11-16(17)20)13-21-23-19(25)12-18(24)22-15-6-4-3-5-7-15/h2-9,11,13H,1,10,12H2,(H,22,24)(H,23,25). The lowest BCUT2D eigenvalue weighted by Crippen LogP contribution is -2.24. The van der Waals surface area contributed by atoms with Gasteiger partial charge in [-0.1, -0.05) is 30.9 Å². The summed E-state index contributed by atoms with van der Waals surface area (Å²) in [5.41, 5.74) is 3.72. The summed E-state index contributed by atoms with van der Waals surface area (Å²) < 4.78 is 6.21. The largest absolute Gasteiger partial charge is 0.488 e. The average Bonchev–Trinajstić information content (AvgIpc) is 2.61. The molecule has 0 saturated carbocycles. The number of hydrogen-bond donors (Lipinski definition) is 2. The van der Waals surface area contributed by atoms with Gasteiger partial charge in [-0.2, -0.15) is 5.10 Å². The van der Waals surface area contributed by atoms with Crippen LogP contribution in [0.25, 0.3) is 0 Å². The van der Waals surface area contributed by atoms with Gasteiger partial charge in [0.2, 0.25) is 11.8 Å². The molecule has 0 aromatic heterocycles. The number of anilines is 1. The second kappa shape index (κ2) is 10.1. The quantitative estimate of drug-likeness (QED) is 0.299. The molecule has 0 unspecified atom stereocenters. The first kappa shape index (κ1) is 19.4. The van der Waals surface area contributed by atoms with Gasteiger partial charge in [0.05, 0.1) is 10.7 Å². The van der Waals surface area contributed by atoms with Gasteiger partial charge in [0, 0.05) is 5.69 Å². The van der Waals surface area contributed by atoms with Gasteiger partial charge in [0.25, 0.3) is 0 Å². The zero-order valence-electron chi connectivity index (χ0n) is 13.9. The van der Waals surface area contributed by atoms with Crippen molar-refractivity contribution in [2.45, 2.75) is 6.42 Å². The summed E-state index contributed by atoms with van der Waals surface area (Å²) in [6.07, 6.45) is 2.82. The Morgan fingerprint density at radius 3 is 2.62 bits per heavy atom. The van der Waals surface area contributed by atoms with Crippen molar-refractivity contribution in [3.63, 3.8) is 0 Å². The number of hydrogen-bond acceptors (Lipinski definition) is 4. The van der Waals surface area contributed by atoms with E-state index >= 15 is 0 Å². The van der Waals surface area contributed by atoms with Crippen LogP contribution >= 0.6 is 15.9 Å². The highest BCUT2D eigenvalue weighted by atomic mass is 79.9. The highest BCUT2D eigenvalue weighted by Crippen LogP contribution is 2.25. The topological polar surface area (TPSA) is 79.8 Å². The maximum absolute atomic E-state index is 11.8. The van der Waals surface area contributed by atoms with E-state index < -0.39 is 11.8 Å². The second-order valence-electron chi connectivity index (χ2n) is 5.17. The van der Waals surface area contributed by atoms with Gasteiger partial charge < -0.3 is 10.1 Å². The summed E-state index contributed by atoms with van der Waals surface area (Å²) >= 11 is 3.40. The van der Waals surface area contributed by atoms with Crippen molar-refractivity contribution in [1.82, 2.24) is 5.43 Å². The number of nitrogens with zero attached hydrogens (tertiary/aromatic N) is 1. The number of carbonyl (C=O) groups is 2. The Balaban J connectivity index is 1.82. The van der Waals surface area contributed by atoms with Crippen LogP contribution in [0.1, 0.15) is 12.0 Å². The maximum Gasteiger partial charge on any atom is 0.249 e. The highest BCUT2D eigenvalue weighted by molar-refractivity contribution is 9.10. The molecule has 6 nitrogen and oxygen atoms in total. The molecule has 2 aromatic rings. The molecule has 0 aliphatic rings. The number of benzene rings is 2. The van der Waals surface area contributed by atoms with Crippen LogP contribution in [0.15, 0.2) is 70.8 Å². The van der Waals surface area contributed by atoms with Gasteiger partial charge in [-0.15, -0.1) is 0 Å². The van der Waals surface area contributed by atoms with Gasteiger partial charge in [-0.05, 0) is 51.8 Å². The lowest BCUT2D eigenvalue weighted by Gasteiger charge is -2.06. The van der Waals surface area contributed by atoms with E-state index in [4.69, 9.17) is 4.74 Å². The summed E-state index contributed by atoms with van der Waals surface area (Å²) in [6, 6.07) is 14.3. The number of amides is 2. The molecule has 26 heavy (non-hydrogen) atoms. The minimum Gasteiger partial charge on any atom is -0.488 e. The first-order valence-corrected chi connectivity index (χ1v) is 8.58. The number of hydrazone groups is 1. The molecule has 0 aliphatic heterocycles. The third-order valence-electron chi connectivity index (χ3n) is 3.09. The van der Waals surface area contributed by atoms with E-state index in [1.54, 1.807) is 48.5 Å². The number of carbonyl (C=O) groups excluding carboxylic acids is 2. The van der Waals surface area contributed by atoms with E-state index in [-0.39, 0.29) is 6.42 Å². The third kappa shape index (κ3) is 6.52. The predicted molar refractivity (Wildman–Crippen MR) is 105 cm³/mol. The van der Waals surface area contributed by atoms with Gasteiger partial charge in [0.15, 0.2) is 0 Å². The number of ether oxygens (including phenoxy) is 1. The van der Waals surface area contributed by atoms with E-state index in [0.717, 1.165) is 10.0 Å². The van der Waals surface area contributed by atoms with Crippen LogP contribution in [-0.4, -0.2) is 24.6 Å². The predicted octanol–water partition coefficient (Wildman–Crippen LogP) is 3.49. The van der Waals surface area contributed by atoms with Crippen molar-refractivity contribution in [3.05, 3.63) is 71.2 Å². The van der Waals surface area contributed by atoms with Gasteiger partial charge in [-0.3, -0.25) is 9.59 Å². The second-order valence-corrected chi connectivity index (χ2v) is 6.03.